The molecule has 0 radical (unpaired) electrons. The van der Waals surface area contributed by atoms with Gasteiger partial charge in [0.15, 0.2) is 0 Å². The third-order valence-electron chi connectivity index (χ3n) is 5.53. The van der Waals surface area contributed by atoms with Gasteiger partial charge in [-0.3, -0.25) is 9.59 Å². The lowest BCUT2D eigenvalue weighted by molar-refractivity contribution is -0.139. The van der Waals surface area contributed by atoms with Gasteiger partial charge < -0.3 is 10.2 Å². The highest BCUT2D eigenvalue weighted by atomic mass is 32.2. The molecular formula is C28H32N2O2S. The van der Waals surface area contributed by atoms with Crippen LogP contribution in [0.2, 0.25) is 0 Å². The summed E-state index contributed by atoms with van der Waals surface area (Å²) in [7, 11) is 0. The summed E-state index contributed by atoms with van der Waals surface area (Å²) in [6, 6.07) is 27.3. The van der Waals surface area contributed by atoms with Crippen LogP contribution in [-0.4, -0.2) is 35.1 Å². The van der Waals surface area contributed by atoms with E-state index < -0.39 is 6.04 Å². The zero-order valence-corrected chi connectivity index (χ0v) is 20.2. The molecule has 0 bridgehead atoms. The van der Waals surface area contributed by atoms with E-state index in [9.17, 15) is 9.59 Å². The molecule has 0 fully saturated rings. The van der Waals surface area contributed by atoms with Crippen LogP contribution in [0.25, 0.3) is 0 Å². The second-order valence-electron chi connectivity index (χ2n) is 8.05. The Labute approximate surface area is 201 Å². The first-order valence-electron chi connectivity index (χ1n) is 11.4. The van der Waals surface area contributed by atoms with Crippen LogP contribution >= 0.6 is 11.8 Å². The number of hydrogen-bond acceptors (Lipinski definition) is 3. The molecule has 0 aliphatic carbocycles. The average molecular weight is 461 g/mol. The summed E-state index contributed by atoms with van der Waals surface area (Å²) in [5.74, 6) is 0.134. The van der Waals surface area contributed by atoms with E-state index in [-0.39, 0.29) is 17.6 Å². The smallest absolute Gasteiger partial charge is 0.243 e. The highest BCUT2D eigenvalue weighted by Gasteiger charge is 2.30. The lowest BCUT2D eigenvalue weighted by Gasteiger charge is -2.32. The maximum absolute atomic E-state index is 13.6. The summed E-state index contributed by atoms with van der Waals surface area (Å²) >= 11 is 1.50. The number of thioether (sulfide) groups is 1. The van der Waals surface area contributed by atoms with Gasteiger partial charge in [0, 0.05) is 24.4 Å². The van der Waals surface area contributed by atoms with Gasteiger partial charge in [-0.1, -0.05) is 79.7 Å². The van der Waals surface area contributed by atoms with Crippen molar-refractivity contribution in [2.75, 3.05) is 12.3 Å². The van der Waals surface area contributed by atoms with Gasteiger partial charge in [0.1, 0.15) is 6.04 Å². The largest absolute Gasteiger partial charge is 0.354 e. The summed E-state index contributed by atoms with van der Waals surface area (Å²) in [6.07, 6.45) is 1.32. The SMILES string of the molecule is CCCNC(=O)[C@H](Cc1ccccc1)N(Cc1ccccc1C)C(=O)CSc1ccccc1. The van der Waals surface area contributed by atoms with Crippen molar-refractivity contribution >= 4 is 23.6 Å². The number of rotatable bonds is 11. The van der Waals surface area contributed by atoms with Crippen molar-refractivity contribution in [3.63, 3.8) is 0 Å². The molecule has 0 saturated carbocycles. The van der Waals surface area contributed by atoms with Gasteiger partial charge in [-0.2, -0.15) is 0 Å². The molecule has 3 aromatic rings. The Bertz CT molecular complexity index is 1020. The highest BCUT2D eigenvalue weighted by Crippen LogP contribution is 2.21. The minimum atomic E-state index is -0.581. The summed E-state index contributed by atoms with van der Waals surface area (Å²) in [6.45, 7) is 5.06. The number of nitrogens with zero attached hydrogens (tertiary/aromatic N) is 1. The fraction of sp³-hybridized carbons (Fsp3) is 0.286. The molecule has 3 aromatic carbocycles. The Morgan fingerprint density at radius 3 is 2.21 bits per heavy atom. The third kappa shape index (κ3) is 7.50. The molecule has 0 aliphatic rings. The first-order valence-corrected chi connectivity index (χ1v) is 12.4. The Balaban J connectivity index is 1.89. The van der Waals surface area contributed by atoms with Gasteiger partial charge in [0.25, 0.3) is 0 Å². The summed E-state index contributed by atoms with van der Waals surface area (Å²) in [4.78, 5) is 29.7. The van der Waals surface area contributed by atoms with Gasteiger partial charge in [0.2, 0.25) is 11.8 Å². The Morgan fingerprint density at radius 1 is 0.909 bits per heavy atom. The molecule has 0 unspecified atom stereocenters. The van der Waals surface area contributed by atoms with Gasteiger partial charge in [-0.05, 0) is 42.2 Å². The maximum atomic E-state index is 13.6. The molecule has 0 aromatic heterocycles. The lowest BCUT2D eigenvalue weighted by Crippen LogP contribution is -2.51. The van der Waals surface area contributed by atoms with E-state index in [1.54, 1.807) is 4.90 Å². The quantitative estimate of drug-likeness (QED) is 0.398. The topological polar surface area (TPSA) is 49.4 Å². The van der Waals surface area contributed by atoms with Gasteiger partial charge in [0.05, 0.1) is 5.75 Å². The van der Waals surface area contributed by atoms with Crippen molar-refractivity contribution in [1.82, 2.24) is 10.2 Å². The molecule has 0 aliphatic heterocycles. The van der Waals surface area contributed by atoms with Crippen LogP contribution in [0.1, 0.15) is 30.0 Å². The van der Waals surface area contributed by atoms with Crippen LogP contribution in [0.15, 0.2) is 89.8 Å². The Kier molecular flexibility index (Phi) is 9.58. The summed E-state index contributed by atoms with van der Waals surface area (Å²) in [5.41, 5.74) is 3.20. The van der Waals surface area contributed by atoms with E-state index in [2.05, 4.69) is 5.32 Å². The predicted molar refractivity (Wildman–Crippen MR) is 136 cm³/mol. The zero-order valence-electron chi connectivity index (χ0n) is 19.4. The van der Waals surface area contributed by atoms with Crippen molar-refractivity contribution < 1.29 is 9.59 Å². The molecule has 5 heteroatoms. The van der Waals surface area contributed by atoms with E-state index >= 15 is 0 Å². The van der Waals surface area contributed by atoms with E-state index in [0.29, 0.717) is 19.5 Å². The summed E-state index contributed by atoms with van der Waals surface area (Å²) in [5, 5.41) is 3.02. The van der Waals surface area contributed by atoms with E-state index in [0.717, 1.165) is 28.0 Å². The second-order valence-corrected chi connectivity index (χ2v) is 9.10. The van der Waals surface area contributed by atoms with Crippen LogP contribution in [0.3, 0.4) is 0 Å². The molecule has 1 atom stereocenters. The molecule has 1 N–H and O–H groups in total. The normalized spacial score (nSPS) is 11.6. The van der Waals surface area contributed by atoms with Crippen molar-refractivity contribution in [3.8, 4) is 0 Å². The molecule has 0 heterocycles. The number of aryl methyl sites for hydroxylation is 1. The van der Waals surface area contributed by atoms with E-state index in [1.807, 2.05) is 98.8 Å². The third-order valence-corrected chi connectivity index (χ3v) is 6.52. The number of nitrogens with one attached hydrogen (secondary N) is 1. The Hall–Kier alpha value is -3.05. The molecule has 0 spiro atoms. The van der Waals surface area contributed by atoms with Crippen LogP contribution in [0.5, 0.6) is 0 Å². The standard InChI is InChI=1S/C28H32N2O2S/c1-3-18-29-28(32)26(19-23-13-6-4-7-14-23)30(20-24-15-11-10-12-22(24)2)27(31)21-33-25-16-8-5-9-17-25/h4-17,26H,3,18-21H2,1-2H3,(H,29,32)/t26-/m0/s1. The predicted octanol–water partition coefficient (Wildman–Crippen LogP) is 5.25. The molecule has 0 saturated heterocycles. The number of carbonyl (C=O) groups excluding carboxylic acids is 2. The maximum Gasteiger partial charge on any atom is 0.243 e. The van der Waals surface area contributed by atoms with E-state index in [4.69, 9.17) is 0 Å². The molecule has 3 rings (SSSR count). The van der Waals surface area contributed by atoms with Gasteiger partial charge in [-0.15, -0.1) is 11.8 Å². The zero-order chi connectivity index (χ0) is 23.5. The van der Waals surface area contributed by atoms with Crippen LogP contribution in [0, 0.1) is 6.92 Å². The van der Waals surface area contributed by atoms with Crippen LogP contribution < -0.4 is 5.32 Å². The highest BCUT2D eigenvalue weighted by molar-refractivity contribution is 8.00. The summed E-state index contributed by atoms with van der Waals surface area (Å²) < 4.78 is 0. The Morgan fingerprint density at radius 2 is 1.55 bits per heavy atom. The van der Waals surface area contributed by atoms with Crippen molar-refractivity contribution in [2.45, 2.75) is 44.2 Å². The molecular weight excluding hydrogens is 428 g/mol. The average Bonchev–Trinajstić information content (AvgIpc) is 2.85. The van der Waals surface area contributed by atoms with Crippen molar-refractivity contribution in [2.24, 2.45) is 0 Å². The number of benzene rings is 3. The number of amides is 2. The fourth-order valence-electron chi connectivity index (χ4n) is 3.64. The van der Waals surface area contributed by atoms with Crippen LogP contribution in [-0.2, 0) is 22.6 Å². The monoisotopic (exact) mass is 460 g/mol. The first kappa shape index (κ1) is 24.6. The van der Waals surface area contributed by atoms with E-state index in [1.165, 1.54) is 11.8 Å². The van der Waals surface area contributed by atoms with Crippen molar-refractivity contribution in [3.05, 3.63) is 102 Å². The fourth-order valence-corrected chi connectivity index (χ4v) is 4.44. The van der Waals surface area contributed by atoms with Gasteiger partial charge >= 0.3 is 0 Å². The molecule has 33 heavy (non-hydrogen) atoms. The molecule has 172 valence electrons. The van der Waals surface area contributed by atoms with Gasteiger partial charge in [-0.25, -0.2) is 0 Å². The molecule has 4 nitrogen and oxygen atoms in total. The molecule has 2 amide bonds. The van der Waals surface area contributed by atoms with Crippen LogP contribution in [0.4, 0.5) is 0 Å². The lowest BCUT2D eigenvalue weighted by atomic mass is 10.0. The second kappa shape index (κ2) is 12.9. The van der Waals surface area contributed by atoms with Crippen molar-refractivity contribution in [1.29, 1.82) is 0 Å². The number of hydrogen-bond donors (Lipinski definition) is 1. The number of carbonyl (C=O) groups is 2. The minimum Gasteiger partial charge on any atom is -0.354 e. The minimum absolute atomic E-state index is 0.0420. The first-order chi connectivity index (χ1) is 16.1.